The van der Waals surface area contributed by atoms with Crippen molar-refractivity contribution in [2.45, 2.75) is 0 Å². The molecule has 0 aliphatic carbocycles. The molecule has 0 saturated carbocycles. The van der Waals surface area contributed by atoms with E-state index in [1.54, 1.807) is 0 Å². The van der Waals surface area contributed by atoms with Crippen LogP contribution >= 0.6 is 159 Å². The fourth-order valence-electron chi connectivity index (χ4n) is 3.23. The van der Waals surface area contributed by atoms with Gasteiger partial charge >= 0.3 is 0 Å². The second kappa shape index (κ2) is 12.3. The first-order valence-corrected chi connectivity index (χ1v) is 17.4. The first-order valence-electron chi connectivity index (χ1n) is 9.44. The second-order valence-electron chi connectivity index (χ2n) is 7.04. The highest BCUT2D eigenvalue weighted by atomic mass is 79.9. The number of hydrogen-bond donors (Lipinski definition) is 0. The molecule has 35 heavy (non-hydrogen) atoms. The maximum Gasteiger partial charge on any atom is 0.127 e. The van der Waals surface area contributed by atoms with E-state index in [1.807, 2.05) is 48.5 Å². The van der Waals surface area contributed by atoms with Gasteiger partial charge in [0.2, 0.25) is 0 Å². The molecule has 0 aliphatic heterocycles. The van der Waals surface area contributed by atoms with Gasteiger partial charge in [0.1, 0.15) is 11.5 Å². The Bertz CT molecular complexity index is 1280. The predicted molar refractivity (Wildman–Crippen MR) is 181 cm³/mol. The van der Waals surface area contributed by atoms with Crippen LogP contribution in [0.1, 0.15) is 0 Å². The van der Waals surface area contributed by atoms with Crippen molar-refractivity contribution < 1.29 is 4.74 Å². The quantitative estimate of drug-likeness (QED) is 0.146. The number of hydrogen-bond acceptors (Lipinski definition) is 1. The van der Waals surface area contributed by atoms with Crippen molar-refractivity contribution in [2.75, 3.05) is 0 Å². The normalized spacial score (nSPS) is 11.1. The Balaban J connectivity index is 1.60. The first-order chi connectivity index (χ1) is 16.5. The molecule has 4 aromatic carbocycles. The summed E-state index contributed by atoms with van der Waals surface area (Å²) >= 11 is 36.5. The van der Waals surface area contributed by atoms with E-state index in [9.17, 15) is 0 Å². The third kappa shape index (κ3) is 5.99. The van der Waals surface area contributed by atoms with Crippen molar-refractivity contribution in [3.63, 3.8) is 0 Å². The van der Waals surface area contributed by atoms with Crippen LogP contribution in [0.5, 0.6) is 11.5 Å². The van der Waals surface area contributed by atoms with Crippen LogP contribution in [0, 0.1) is 0 Å². The van der Waals surface area contributed by atoms with Gasteiger partial charge in [0.25, 0.3) is 0 Å². The largest absolute Gasteiger partial charge is 0.457 e. The maximum atomic E-state index is 6.12. The summed E-state index contributed by atoms with van der Waals surface area (Å²) in [6.07, 6.45) is 0. The van der Waals surface area contributed by atoms with E-state index < -0.39 is 0 Å². The summed E-state index contributed by atoms with van der Waals surface area (Å²) in [5.74, 6) is 1.50. The molecule has 0 unspecified atom stereocenters. The van der Waals surface area contributed by atoms with Gasteiger partial charge in [0.05, 0.1) is 0 Å². The second-order valence-corrected chi connectivity index (χ2v) is 15.0. The van der Waals surface area contributed by atoms with Gasteiger partial charge in [-0.05, 0) is 195 Å². The molecule has 1 nitrogen and oxygen atoms in total. The Morgan fingerprint density at radius 3 is 0.800 bits per heavy atom. The van der Waals surface area contributed by atoms with Crippen LogP contribution in [0.15, 0.2) is 93.3 Å². The van der Waals surface area contributed by atoms with Crippen LogP contribution in [0.25, 0.3) is 22.3 Å². The summed E-state index contributed by atoms with van der Waals surface area (Å²) in [5.41, 5.74) is 4.15. The van der Waals surface area contributed by atoms with Gasteiger partial charge in [-0.1, -0.05) is 24.3 Å². The van der Waals surface area contributed by atoms with Crippen molar-refractivity contribution in [1.29, 1.82) is 0 Å². The topological polar surface area (TPSA) is 9.23 Å². The van der Waals surface area contributed by atoms with Gasteiger partial charge in [-0.25, -0.2) is 0 Å². The van der Waals surface area contributed by atoms with Crippen molar-refractivity contribution in [2.24, 2.45) is 0 Å². The smallest absolute Gasteiger partial charge is 0.127 e. The molecule has 4 aromatic rings. The third-order valence-electron chi connectivity index (χ3n) is 4.94. The molecule has 0 saturated heterocycles. The first kappa shape index (κ1) is 29.5. The van der Waals surface area contributed by atoms with Crippen molar-refractivity contribution in [1.82, 2.24) is 0 Å². The van der Waals surface area contributed by atoms with Crippen molar-refractivity contribution in [3.8, 4) is 33.8 Å². The van der Waals surface area contributed by atoms with E-state index >= 15 is 0 Å². The molecular weight excluding hydrogens is 1100 g/mol. The average Bonchev–Trinajstić information content (AvgIpc) is 2.86. The summed E-state index contributed by atoms with van der Waals surface area (Å²) in [7, 11) is 0. The van der Waals surface area contributed by atoms with E-state index in [4.69, 9.17) is 4.74 Å². The van der Waals surface area contributed by atoms with Crippen LogP contribution in [0.4, 0.5) is 0 Å². The van der Waals surface area contributed by atoms with Gasteiger partial charge < -0.3 is 4.74 Å². The Morgan fingerprint density at radius 2 is 0.543 bits per heavy atom. The van der Waals surface area contributed by atoms with Crippen LogP contribution in [0.3, 0.4) is 0 Å². The molecule has 0 atom stereocenters. The molecule has 0 spiro atoms. The monoisotopic (exact) mass is 1100 g/mol. The van der Waals surface area contributed by atoms with Gasteiger partial charge in [0.15, 0.2) is 0 Å². The van der Waals surface area contributed by atoms with Gasteiger partial charge in [-0.3, -0.25) is 0 Å². The summed E-state index contributed by atoms with van der Waals surface area (Å²) < 4.78 is 15.5. The molecule has 0 aliphatic rings. The Morgan fingerprint density at radius 1 is 0.314 bits per heavy atom. The number of rotatable bonds is 4. The fourth-order valence-corrected chi connectivity index (χ4v) is 10.2. The standard InChI is InChI=1S/C24H8Br10O/c25-15-13(16(26)20(30)23(33)19(15)29)9-1-5-11(6-2-9)35-12-7-3-10(4-8-12)14-17(27)21(31)24(34)22(32)18(14)28/h1-8H. The molecule has 0 amide bonds. The number of ether oxygens (including phenoxy) is 1. The van der Waals surface area contributed by atoms with Gasteiger partial charge in [0, 0.05) is 55.9 Å². The van der Waals surface area contributed by atoms with Crippen LogP contribution in [-0.4, -0.2) is 0 Å². The van der Waals surface area contributed by atoms with Crippen LogP contribution in [-0.2, 0) is 0 Å². The van der Waals surface area contributed by atoms with Crippen molar-refractivity contribution in [3.05, 3.63) is 93.3 Å². The molecule has 4 rings (SSSR count). The zero-order valence-electron chi connectivity index (χ0n) is 16.8. The lowest BCUT2D eigenvalue weighted by Gasteiger charge is -2.15. The molecule has 0 radical (unpaired) electrons. The molecule has 0 bridgehead atoms. The maximum absolute atomic E-state index is 6.12. The Hall–Kier alpha value is 1.48. The molecule has 0 fully saturated rings. The van der Waals surface area contributed by atoms with E-state index in [-0.39, 0.29) is 0 Å². The fraction of sp³-hybridized carbons (Fsp3) is 0. The molecule has 11 heteroatoms. The van der Waals surface area contributed by atoms with Crippen molar-refractivity contribution >= 4 is 159 Å². The lowest BCUT2D eigenvalue weighted by atomic mass is 10.1. The molecule has 0 aromatic heterocycles. The van der Waals surface area contributed by atoms with Gasteiger partial charge in [-0.2, -0.15) is 0 Å². The zero-order valence-corrected chi connectivity index (χ0v) is 32.7. The van der Waals surface area contributed by atoms with E-state index in [2.05, 4.69) is 159 Å². The number of halogens is 10. The average molecular weight is 1110 g/mol. The summed E-state index contributed by atoms with van der Waals surface area (Å²) in [5, 5.41) is 0. The molecular formula is C24H8Br10O. The highest BCUT2D eigenvalue weighted by Gasteiger charge is 2.20. The summed E-state index contributed by atoms with van der Waals surface area (Å²) in [6.45, 7) is 0. The summed E-state index contributed by atoms with van der Waals surface area (Å²) in [4.78, 5) is 0. The van der Waals surface area contributed by atoms with E-state index in [0.717, 1.165) is 78.5 Å². The van der Waals surface area contributed by atoms with E-state index in [0.29, 0.717) is 0 Å². The Kier molecular flexibility index (Phi) is 10.4. The van der Waals surface area contributed by atoms with E-state index in [1.165, 1.54) is 0 Å². The highest BCUT2D eigenvalue weighted by Crippen LogP contribution is 2.50. The molecule has 0 heterocycles. The predicted octanol–water partition coefficient (Wildman–Crippen LogP) is 14.4. The van der Waals surface area contributed by atoms with Gasteiger partial charge in [-0.15, -0.1) is 0 Å². The third-order valence-corrected chi connectivity index (χ3v) is 17.1. The minimum atomic E-state index is 0.750. The summed E-state index contributed by atoms with van der Waals surface area (Å²) in [6, 6.07) is 16.0. The molecule has 0 N–H and O–H groups in total. The SMILES string of the molecule is Brc1c(Br)c(Br)c(-c2ccc(Oc3ccc(-c4c(Br)c(Br)c(Br)c(Br)c4Br)cc3)cc2)c(Br)c1Br. The number of benzene rings is 4. The molecule has 180 valence electrons. The van der Waals surface area contributed by atoms with Crippen LogP contribution < -0.4 is 4.74 Å². The minimum Gasteiger partial charge on any atom is -0.457 e. The Labute approximate surface area is 286 Å². The zero-order chi connectivity index (χ0) is 25.6. The lowest BCUT2D eigenvalue weighted by molar-refractivity contribution is 0.483. The van der Waals surface area contributed by atoms with Crippen LogP contribution in [0.2, 0.25) is 0 Å². The minimum absolute atomic E-state index is 0.750. The highest BCUT2D eigenvalue weighted by molar-refractivity contribution is 9.16. The lowest BCUT2D eigenvalue weighted by Crippen LogP contribution is -1.90.